The van der Waals surface area contributed by atoms with E-state index in [1.165, 1.54) is 5.56 Å². The Bertz CT molecular complexity index is 1530. The third kappa shape index (κ3) is 4.63. The topological polar surface area (TPSA) is 83.7 Å². The third-order valence-electron chi connectivity index (χ3n) is 8.22. The molecule has 0 amide bonds. The van der Waals surface area contributed by atoms with Crippen LogP contribution in [0.25, 0.3) is 22.0 Å². The van der Waals surface area contributed by atoms with E-state index in [1.54, 1.807) is 12.4 Å². The van der Waals surface area contributed by atoms with Crippen LogP contribution in [-0.2, 0) is 17.8 Å². The molecule has 0 unspecified atom stereocenters. The highest BCUT2D eigenvalue weighted by molar-refractivity contribution is 6.08. The molecule has 2 aliphatic heterocycles. The Labute approximate surface area is 228 Å². The summed E-state index contributed by atoms with van der Waals surface area (Å²) in [6.07, 6.45) is 5.66. The third-order valence-corrected chi connectivity index (χ3v) is 8.22. The molecule has 2 aromatic heterocycles. The van der Waals surface area contributed by atoms with Gasteiger partial charge in [-0.2, -0.15) is 0 Å². The number of aryl methyl sites for hydroxylation is 2. The second-order valence-corrected chi connectivity index (χ2v) is 11.0. The number of benzene rings is 2. The summed E-state index contributed by atoms with van der Waals surface area (Å²) < 4.78 is 8.52. The van der Waals surface area contributed by atoms with Crippen LogP contribution >= 0.6 is 0 Å². The molecule has 1 N–H and O–H groups in total. The predicted molar refractivity (Wildman–Crippen MR) is 153 cm³/mol. The summed E-state index contributed by atoms with van der Waals surface area (Å²) >= 11 is 0. The van der Waals surface area contributed by atoms with Crippen LogP contribution in [0.4, 0.5) is 11.6 Å². The van der Waals surface area contributed by atoms with E-state index in [0.29, 0.717) is 18.2 Å². The molecule has 8 heteroatoms. The van der Waals surface area contributed by atoms with Crippen molar-refractivity contribution in [2.75, 3.05) is 31.6 Å². The van der Waals surface area contributed by atoms with Crippen molar-refractivity contribution in [3.8, 4) is 16.9 Å². The zero-order valence-corrected chi connectivity index (χ0v) is 23.1. The minimum atomic E-state index is -0.844. The van der Waals surface area contributed by atoms with Crippen LogP contribution in [0, 0.1) is 20.8 Å². The van der Waals surface area contributed by atoms with Gasteiger partial charge >= 0.3 is 5.97 Å². The number of anilines is 2. The molecule has 202 valence electrons. The van der Waals surface area contributed by atoms with E-state index >= 15 is 0 Å². The summed E-state index contributed by atoms with van der Waals surface area (Å²) in [6, 6.07) is 10.6. The van der Waals surface area contributed by atoms with Gasteiger partial charge in [-0.1, -0.05) is 29.8 Å². The highest BCUT2D eigenvalue weighted by Gasteiger charge is 2.30. The summed E-state index contributed by atoms with van der Waals surface area (Å²) in [7, 11) is 2.14. The van der Waals surface area contributed by atoms with Crippen molar-refractivity contribution in [3.05, 3.63) is 65.1 Å². The van der Waals surface area contributed by atoms with E-state index in [1.807, 2.05) is 6.92 Å². The van der Waals surface area contributed by atoms with Gasteiger partial charge in [0.1, 0.15) is 6.10 Å². The zero-order valence-electron chi connectivity index (χ0n) is 23.1. The summed E-state index contributed by atoms with van der Waals surface area (Å²) in [5.74, 6) is 0.445. The van der Waals surface area contributed by atoms with Crippen LogP contribution in [0.15, 0.2) is 42.7 Å². The number of likely N-dealkylation sites (tertiary alicyclic amines) is 1. The SMILES string of the molecule is Cc1ccc(-c2c(CC(=O)O)c(C)c3c4c2cc(C)n4CCN3c2ncc(OC3CCN(C)CC3)cn2)cc1. The van der Waals surface area contributed by atoms with Gasteiger partial charge in [-0.15, -0.1) is 0 Å². The van der Waals surface area contributed by atoms with Crippen molar-refractivity contribution in [2.24, 2.45) is 0 Å². The van der Waals surface area contributed by atoms with Gasteiger partial charge in [-0.3, -0.25) is 4.79 Å². The molecule has 0 spiro atoms. The number of nitrogens with zero attached hydrogens (tertiary/aromatic N) is 5. The summed E-state index contributed by atoms with van der Waals surface area (Å²) in [5.41, 5.74) is 8.25. The first kappa shape index (κ1) is 25.4. The quantitative estimate of drug-likeness (QED) is 0.367. The first-order chi connectivity index (χ1) is 18.8. The smallest absolute Gasteiger partial charge is 0.307 e. The van der Waals surface area contributed by atoms with Gasteiger partial charge in [-0.25, -0.2) is 9.97 Å². The van der Waals surface area contributed by atoms with Crippen LogP contribution in [0.1, 0.15) is 35.2 Å². The maximum Gasteiger partial charge on any atom is 0.307 e. The second kappa shape index (κ2) is 10.0. The van der Waals surface area contributed by atoms with Crippen LogP contribution < -0.4 is 9.64 Å². The lowest BCUT2D eigenvalue weighted by Gasteiger charge is -2.33. The average molecular weight is 526 g/mol. The minimum Gasteiger partial charge on any atom is -0.487 e. The monoisotopic (exact) mass is 525 g/mol. The molecule has 0 bridgehead atoms. The first-order valence-electron chi connectivity index (χ1n) is 13.7. The zero-order chi connectivity index (χ0) is 27.3. The highest BCUT2D eigenvalue weighted by atomic mass is 16.5. The second-order valence-electron chi connectivity index (χ2n) is 11.0. The molecule has 8 nitrogen and oxygen atoms in total. The molecule has 4 aromatic rings. The Balaban J connectivity index is 1.44. The van der Waals surface area contributed by atoms with E-state index in [2.05, 4.69) is 65.6 Å². The molecule has 0 saturated carbocycles. The van der Waals surface area contributed by atoms with Crippen LogP contribution in [0.5, 0.6) is 5.75 Å². The molecule has 39 heavy (non-hydrogen) atoms. The Morgan fingerprint density at radius 3 is 2.38 bits per heavy atom. The van der Waals surface area contributed by atoms with Crippen molar-refractivity contribution in [2.45, 2.75) is 52.7 Å². The molecule has 0 atom stereocenters. The van der Waals surface area contributed by atoms with Crippen molar-refractivity contribution in [1.29, 1.82) is 0 Å². The van der Waals surface area contributed by atoms with Crippen LogP contribution in [0.3, 0.4) is 0 Å². The number of carboxylic acid groups (broad SMARTS) is 1. The van der Waals surface area contributed by atoms with E-state index in [9.17, 15) is 9.90 Å². The lowest BCUT2D eigenvalue weighted by atomic mass is 9.88. The number of carbonyl (C=O) groups is 1. The Morgan fingerprint density at radius 2 is 1.72 bits per heavy atom. The van der Waals surface area contributed by atoms with Gasteiger partial charge in [0, 0.05) is 37.3 Å². The largest absolute Gasteiger partial charge is 0.487 e. The number of carboxylic acids is 1. The van der Waals surface area contributed by atoms with Gasteiger partial charge < -0.3 is 24.2 Å². The number of aromatic nitrogens is 3. The summed E-state index contributed by atoms with van der Waals surface area (Å²) in [6.45, 7) is 9.77. The van der Waals surface area contributed by atoms with Gasteiger partial charge in [0.05, 0.1) is 30.0 Å². The number of rotatable bonds is 6. The lowest BCUT2D eigenvalue weighted by molar-refractivity contribution is -0.136. The van der Waals surface area contributed by atoms with Crippen molar-refractivity contribution in [3.63, 3.8) is 0 Å². The Hall–Kier alpha value is -3.91. The van der Waals surface area contributed by atoms with Crippen molar-refractivity contribution in [1.82, 2.24) is 19.4 Å². The summed E-state index contributed by atoms with van der Waals surface area (Å²) in [4.78, 5) is 26.0. The fourth-order valence-corrected chi connectivity index (χ4v) is 6.15. The minimum absolute atomic E-state index is 0.0553. The van der Waals surface area contributed by atoms with Gasteiger partial charge in [0.15, 0.2) is 5.75 Å². The number of aliphatic carboxylic acids is 1. The normalized spacial score (nSPS) is 16.2. The molecule has 0 aliphatic carbocycles. The number of piperidine rings is 1. The predicted octanol–water partition coefficient (Wildman–Crippen LogP) is 5.28. The van der Waals surface area contributed by atoms with Crippen LogP contribution in [0.2, 0.25) is 0 Å². The molecular weight excluding hydrogens is 490 g/mol. The number of hydrogen-bond acceptors (Lipinski definition) is 6. The highest BCUT2D eigenvalue weighted by Crippen LogP contribution is 2.46. The molecule has 6 rings (SSSR count). The van der Waals surface area contributed by atoms with E-state index in [4.69, 9.17) is 14.7 Å². The molecular formula is C31H35N5O3. The lowest BCUT2D eigenvalue weighted by Crippen LogP contribution is -2.35. The number of hydrogen-bond donors (Lipinski definition) is 1. The molecule has 0 radical (unpaired) electrons. The standard InChI is InChI=1S/C31H35N5O3/c1-19-5-7-22(8-6-19)28-25(16-27(37)38)21(3)29-30-26(28)15-20(2)35(30)13-14-36(29)31-32-17-24(18-33-31)39-23-9-11-34(4)12-10-23/h5-8,15,17-18,23H,9-14,16H2,1-4H3,(H,37,38). The average Bonchev–Trinajstić information content (AvgIpc) is 3.25. The fraction of sp³-hybridized carbons (Fsp3) is 0.387. The maximum atomic E-state index is 12.1. The van der Waals surface area contributed by atoms with Crippen LogP contribution in [-0.4, -0.2) is 63.3 Å². The maximum absolute atomic E-state index is 12.1. The molecule has 2 aromatic carbocycles. The van der Waals surface area contributed by atoms with Crippen molar-refractivity contribution < 1.29 is 14.6 Å². The Morgan fingerprint density at radius 1 is 1.03 bits per heavy atom. The molecule has 1 saturated heterocycles. The molecule has 4 heterocycles. The Kier molecular flexibility index (Phi) is 6.51. The van der Waals surface area contributed by atoms with Gasteiger partial charge in [-0.05, 0) is 69.0 Å². The van der Waals surface area contributed by atoms with E-state index in [0.717, 1.165) is 77.0 Å². The van der Waals surface area contributed by atoms with Gasteiger partial charge in [0.25, 0.3) is 0 Å². The van der Waals surface area contributed by atoms with E-state index in [-0.39, 0.29) is 12.5 Å². The van der Waals surface area contributed by atoms with Crippen molar-refractivity contribution >= 4 is 28.5 Å². The first-order valence-corrected chi connectivity index (χ1v) is 13.7. The van der Waals surface area contributed by atoms with Gasteiger partial charge in [0.2, 0.25) is 5.95 Å². The molecule has 1 fully saturated rings. The fourth-order valence-electron chi connectivity index (χ4n) is 6.15. The number of ether oxygens (including phenoxy) is 1. The summed E-state index contributed by atoms with van der Waals surface area (Å²) in [5, 5.41) is 11.0. The van der Waals surface area contributed by atoms with E-state index < -0.39 is 5.97 Å². The molecule has 2 aliphatic rings.